The number of nitro benzene ring substituents is 1. The highest BCUT2D eigenvalue weighted by Crippen LogP contribution is 2.33. The number of anilines is 1. The largest absolute Gasteiger partial charge is 0.298 e. The van der Waals surface area contributed by atoms with Gasteiger partial charge in [-0.2, -0.15) is 0 Å². The molecule has 1 heterocycles. The monoisotopic (exact) mass is 234 g/mol. The second kappa shape index (κ2) is 3.97. The van der Waals surface area contributed by atoms with Crippen molar-refractivity contribution in [2.45, 2.75) is 13.3 Å². The molecule has 1 aliphatic rings. The Morgan fingerprint density at radius 3 is 2.59 bits per heavy atom. The molecule has 0 aromatic heterocycles. The highest BCUT2D eigenvalue weighted by atomic mass is 16.6. The SMILES string of the molecule is Cc1cccc([N+](=O)[O-])c1N1CC(=O)CC1=O. The number of para-hydroxylation sites is 1. The van der Waals surface area contributed by atoms with Crippen LogP contribution in [-0.4, -0.2) is 23.2 Å². The Labute approximate surface area is 97.0 Å². The van der Waals surface area contributed by atoms with Gasteiger partial charge in [-0.25, -0.2) is 0 Å². The third kappa shape index (κ3) is 1.89. The minimum absolute atomic E-state index is 0.0788. The smallest absolute Gasteiger partial charge is 0.293 e. The van der Waals surface area contributed by atoms with Crippen molar-refractivity contribution in [3.8, 4) is 0 Å². The molecule has 0 bridgehead atoms. The molecule has 1 aliphatic heterocycles. The average Bonchev–Trinajstić information content (AvgIpc) is 2.57. The van der Waals surface area contributed by atoms with Crippen LogP contribution in [0.2, 0.25) is 0 Å². The zero-order valence-electron chi connectivity index (χ0n) is 9.17. The number of benzene rings is 1. The van der Waals surface area contributed by atoms with Gasteiger partial charge in [-0.05, 0) is 12.5 Å². The lowest BCUT2D eigenvalue weighted by atomic mass is 10.1. The van der Waals surface area contributed by atoms with Crippen molar-refractivity contribution in [1.82, 2.24) is 0 Å². The van der Waals surface area contributed by atoms with Crippen molar-refractivity contribution in [3.05, 3.63) is 33.9 Å². The Kier molecular flexibility index (Phi) is 2.63. The van der Waals surface area contributed by atoms with E-state index in [4.69, 9.17) is 0 Å². The summed E-state index contributed by atoms with van der Waals surface area (Å²) in [5, 5.41) is 10.9. The second-order valence-corrected chi connectivity index (χ2v) is 3.90. The molecule has 0 atom stereocenters. The summed E-state index contributed by atoms with van der Waals surface area (Å²) in [6.45, 7) is 1.60. The normalized spacial score (nSPS) is 15.5. The average molecular weight is 234 g/mol. The van der Waals surface area contributed by atoms with Gasteiger partial charge in [-0.3, -0.25) is 24.6 Å². The predicted octanol–water partition coefficient (Wildman–Crippen LogP) is 1.21. The lowest BCUT2D eigenvalue weighted by Crippen LogP contribution is -2.26. The molecule has 1 aromatic rings. The van der Waals surface area contributed by atoms with E-state index in [-0.39, 0.29) is 36.0 Å². The van der Waals surface area contributed by atoms with E-state index in [1.54, 1.807) is 19.1 Å². The number of nitro groups is 1. The molecule has 0 N–H and O–H groups in total. The fourth-order valence-corrected chi connectivity index (χ4v) is 1.93. The lowest BCUT2D eigenvalue weighted by Gasteiger charge is -2.16. The number of ketones is 1. The minimum Gasteiger partial charge on any atom is -0.298 e. The maximum Gasteiger partial charge on any atom is 0.293 e. The Balaban J connectivity index is 2.54. The summed E-state index contributed by atoms with van der Waals surface area (Å²) in [5.74, 6) is -0.597. The molecule has 1 saturated heterocycles. The van der Waals surface area contributed by atoms with Crippen LogP contribution in [0, 0.1) is 17.0 Å². The molecule has 88 valence electrons. The van der Waals surface area contributed by atoms with Crippen molar-refractivity contribution in [1.29, 1.82) is 0 Å². The van der Waals surface area contributed by atoms with Crippen molar-refractivity contribution >= 4 is 23.1 Å². The standard InChI is InChI=1S/C11H10N2O4/c1-7-3-2-4-9(13(16)17)11(7)12-6-8(14)5-10(12)15/h2-4H,5-6H2,1H3. The fraction of sp³-hybridized carbons (Fsp3) is 0.273. The number of hydrogen-bond donors (Lipinski definition) is 0. The first-order chi connectivity index (χ1) is 8.00. The molecular formula is C11H10N2O4. The quantitative estimate of drug-likeness (QED) is 0.437. The first-order valence-electron chi connectivity index (χ1n) is 5.07. The van der Waals surface area contributed by atoms with Crippen LogP contribution >= 0.6 is 0 Å². The fourth-order valence-electron chi connectivity index (χ4n) is 1.93. The summed E-state index contributed by atoms with van der Waals surface area (Å²) in [6, 6.07) is 4.57. The summed E-state index contributed by atoms with van der Waals surface area (Å²) >= 11 is 0. The van der Waals surface area contributed by atoms with Crippen molar-refractivity contribution in [2.75, 3.05) is 11.4 Å². The first-order valence-corrected chi connectivity index (χ1v) is 5.07. The Bertz CT molecular complexity index is 524. The van der Waals surface area contributed by atoms with Gasteiger partial charge in [0, 0.05) is 6.07 Å². The summed E-state index contributed by atoms with van der Waals surface area (Å²) in [4.78, 5) is 34.3. The van der Waals surface area contributed by atoms with E-state index in [0.29, 0.717) is 5.56 Å². The van der Waals surface area contributed by atoms with Crippen LogP contribution in [0.3, 0.4) is 0 Å². The Morgan fingerprint density at radius 2 is 2.06 bits per heavy atom. The highest BCUT2D eigenvalue weighted by Gasteiger charge is 2.33. The molecule has 0 spiro atoms. The van der Waals surface area contributed by atoms with Gasteiger partial charge >= 0.3 is 0 Å². The molecule has 1 aromatic carbocycles. The molecule has 0 saturated carbocycles. The van der Waals surface area contributed by atoms with Crippen LogP contribution < -0.4 is 4.90 Å². The molecule has 2 rings (SSSR count). The summed E-state index contributed by atoms with van der Waals surface area (Å²) < 4.78 is 0. The Morgan fingerprint density at radius 1 is 1.35 bits per heavy atom. The van der Waals surface area contributed by atoms with Crippen LogP contribution in [0.5, 0.6) is 0 Å². The number of carbonyl (C=O) groups is 2. The van der Waals surface area contributed by atoms with Gasteiger partial charge < -0.3 is 0 Å². The third-order valence-corrected chi connectivity index (χ3v) is 2.67. The van der Waals surface area contributed by atoms with E-state index < -0.39 is 4.92 Å². The summed E-state index contributed by atoms with van der Waals surface area (Å²) in [6.07, 6.45) is -0.175. The molecule has 1 amide bonds. The number of Topliss-reactive ketones (excluding diaryl/α,β-unsaturated/α-hetero) is 1. The van der Waals surface area contributed by atoms with Crippen LogP contribution in [-0.2, 0) is 9.59 Å². The maximum absolute atomic E-state index is 11.6. The number of hydrogen-bond acceptors (Lipinski definition) is 4. The van der Waals surface area contributed by atoms with Crippen molar-refractivity contribution in [2.24, 2.45) is 0 Å². The molecule has 1 fully saturated rings. The minimum atomic E-state index is -0.543. The van der Waals surface area contributed by atoms with Gasteiger partial charge in [-0.1, -0.05) is 12.1 Å². The number of rotatable bonds is 2. The highest BCUT2D eigenvalue weighted by molar-refractivity contribution is 6.16. The van der Waals surface area contributed by atoms with E-state index in [2.05, 4.69) is 0 Å². The molecule has 6 nitrogen and oxygen atoms in total. The Hall–Kier alpha value is -2.24. The van der Waals surface area contributed by atoms with Crippen LogP contribution in [0.1, 0.15) is 12.0 Å². The van der Waals surface area contributed by atoms with Gasteiger partial charge in [0.2, 0.25) is 5.91 Å². The van der Waals surface area contributed by atoms with E-state index >= 15 is 0 Å². The number of carbonyl (C=O) groups excluding carboxylic acids is 2. The lowest BCUT2D eigenvalue weighted by molar-refractivity contribution is -0.384. The van der Waals surface area contributed by atoms with E-state index in [1.165, 1.54) is 11.0 Å². The van der Waals surface area contributed by atoms with Gasteiger partial charge in [-0.15, -0.1) is 0 Å². The zero-order chi connectivity index (χ0) is 12.6. The third-order valence-electron chi connectivity index (χ3n) is 2.67. The first kappa shape index (κ1) is 11.3. The summed E-state index contributed by atoms with van der Waals surface area (Å²) in [7, 11) is 0. The molecule has 6 heteroatoms. The zero-order valence-corrected chi connectivity index (χ0v) is 9.17. The van der Waals surface area contributed by atoms with E-state index in [1.807, 2.05) is 0 Å². The molecule has 0 radical (unpaired) electrons. The van der Waals surface area contributed by atoms with E-state index in [0.717, 1.165) is 0 Å². The number of nitrogens with zero attached hydrogens (tertiary/aromatic N) is 2. The molecule has 0 unspecified atom stereocenters. The van der Waals surface area contributed by atoms with Gasteiger partial charge in [0.05, 0.1) is 17.9 Å². The van der Waals surface area contributed by atoms with Gasteiger partial charge in [0.15, 0.2) is 5.78 Å². The summed E-state index contributed by atoms with van der Waals surface area (Å²) in [5.41, 5.74) is 0.698. The van der Waals surface area contributed by atoms with Gasteiger partial charge in [0.1, 0.15) is 5.69 Å². The van der Waals surface area contributed by atoms with Crippen LogP contribution in [0.4, 0.5) is 11.4 Å². The maximum atomic E-state index is 11.6. The number of amides is 1. The van der Waals surface area contributed by atoms with Crippen molar-refractivity contribution in [3.63, 3.8) is 0 Å². The molecule has 17 heavy (non-hydrogen) atoms. The predicted molar refractivity (Wildman–Crippen MR) is 59.8 cm³/mol. The van der Waals surface area contributed by atoms with E-state index in [9.17, 15) is 19.7 Å². The topological polar surface area (TPSA) is 80.5 Å². The van der Waals surface area contributed by atoms with Gasteiger partial charge in [0.25, 0.3) is 5.69 Å². The van der Waals surface area contributed by atoms with Crippen LogP contribution in [0.25, 0.3) is 0 Å². The van der Waals surface area contributed by atoms with Crippen LogP contribution in [0.15, 0.2) is 18.2 Å². The molecular weight excluding hydrogens is 224 g/mol. The molecule has 0 aliphatic carbocycles. The number of aryl methyl sites for hydroxylation is 1. The second-order valence-electron chi connectivity index (χ2n) is 3.90. The van der Waals surface area contributed by atoms with Crippen molar-refractivity contribution < 1.29 is 14.5 Å².